The number of rotatable bonds is 5. The van der Waals surface area contributed by atoms with Gasteiger partial charge in [0.15, 0.2) is 9.84 Å². The average Bonchev–Trinajstić information content (AvgIpc) is 2.62. The molecule has 5 heteroatoms. The highest BCUT2D eigenvalue weighted by atomic mass is 32.2. The summed E-state index contributed by atoms with van der Waals surface area (Å²) in [5.74, 6) is 0.104. The van der Waals surface area contributed by atoms with Crippen molar-refractivity contribution in [2.75, 3.05) is 13.2 Å². The van der Waals surface area contributed by atoms with E-state index in [1.54, 1.807) is 0 Å². The fourth-order valence-corrected chi connectivity index (χ4v) is 5.07. The minimum atomic E-state index is -3.16. The van der Waals surface area contributed by atoms with Gasteiger partial charge in [0.1, 0.15) is 0 Å². The van der Waals surface area contributed by atoms with Crippen LogP contribution in [0.4, 0.5) is 0 Å². The molecule has 114 valence electrons. The average molecular weight is 291 g/mol. The molecule has 1 rings (SSSR count). The van der Waals surface area contributed by atoms with Gasteiger partial charge in [-0.2, -0.15) is 0 Å². The molecule has 4 nitrogen and oxygen atoms in total. The molecule has 0 saturated carbocycles. The van der Waals surface area contributed by atoms with Gasteiger partial charge in [-0.05, 0) is 40.0 Å². The lowest BCUT2D eigenvalue weighted by Crippen LogP contribution is -2.48. The molecule has 0 amide bonds. The van der Waals surface area contributed by atoms with Gasteiger partial charge in [0.05, 0.1) is 16.6 Å². The summed E-state index contributed by atoms with van der Waals surface area (Å²) >= 11 is 0. The van der Waals surface area contributed by atoms with E-state index in [1.807, 2.05) is 20.8 Å². The monoisotopic (exact) mass is 291 g/mol. The van der Waals surface area contributed by atoms with Crippen LogP contribution < -0.4 is 5.32 Å². The molecule has 1 heterocycles. The zero-order valence-electron chi connectivity index (χ0n) is 13.1. The first kappa shape index (κ1) is 16.9. The van der Waals surface area contributed by atoms with Crippen molar-refractivity contribution in [3.63, 3.8) is 0 Å². The van der Waals surface area contributed by atoms with E-state index >= 15 is 0 Å². The van der Waals surface area contributed by atoms with E-state index in [4.69, 9.17) is 4.74 Å². The predicted octanol–water partition coefficient (Wildman–Crippen LogP) is 1.99. The maximum Gasteiger partial charge on any atom is 0.160 e. The molecule has 0 aromatic rings. The summed E-state index contributed by atoms with van der Waals surface area (Å²) in [5, 5.41) is 2.64. The Kier molecular flexibility index (Phi) is 5.43. The fraction of sp³-hybridized carbons (Fsp3) is 1.00. The van der Waals surface area contributed by atoms with Gasteiger partial charge < -0.3 is 10.1 Å². The van der Waals surface area contributed by atoms with Gasteiger partial charge in [0.25, 0.3) is 0 Å². The third kappa shape index (κ3) is 4.43. The molecule has 0 aliphatic carbocycles. The molecule has 1 fully saturated rings. The van der Waals surface area contributed by atoms with Gasteiger partial charge in [-0.15, -0.1) is 0 Å². The van der Waals surface area contributed by atoms with Gasteiger partial charge in [-0.1, -0.05) is 13.8 Å². The minimum Gasteiger partial charge on any atom is -0.377 e. The maximum absolute atomic E-state index is 12.8. The van der Waals surface area contributed by atoms with Gasteiger partial charge in [0, 0.05) is 18.7 Å². The number of hydrogen-bond acceptors (Lipinski definition) is 4. The maximum atomic E-state index is 12.8. The highest BCUT2D eigenvalue weighted by Crippen LogP contribution is 2.27. The smallest absolute Gasteiger partial charge is 0.160 e. The lowest BCUT2D eigenvalue weighted by molar-refractivity contribution is 0.126. The van der Waals surface area contributed by atoms with E-state index in [0.29, 0.717) is 19.6 Å². The van der Waals surface area contributed by atoms with Crippen LogP contribution in [0.5, 0.6) is 0 Å². The summed E-state index contributed by atoms with van der Waals surface area (Å²) in [5.41, 5.74) is -0.0690. The van der Waals surface area contributed by atoms with E-state index in [1.165, 1.54) is 0 Å². The summed E-state index contributed by atoms with van der Waals surface area (Å²) in [6, 6.07) is 0. The van der Waals surface area contributed by atoms with Crippen LogP contribution in [0.1, 0.15) is 48.0 Å². The molecule has 0 aromatic carbocycles. The summed E-state index contributed by atoms with van der Waals surface area (Å²) in [7, 11) is -3.16. The van der Waals surface area contributed by atoms with Crippen molar-refractivity contribution < 1.29 is 13.2 Å². The first-order valence-electron chi connectivity index (χ1n) is 7.15. The molecule has 0 spiro atoms. The van der Waals surface area contributed by atoms with Crippen LogP contribution in [-0.2, 0) is 14.6 Å². The Morgan fingerprint density at radius 3 is 2.26 bits per heavy atom. The van der Waals surface area contributed by atoms with Crippen molar-refractivity contribution in [1.29, 1.82) is 0 Å². The summed E-state index contributed by atoms with van der Waals surface area (Å²) < 4.78 is 31.0. The second-order valence-electron chi connectivity index (χ2n) is 6.91. The normalized spacial score (nSPS) is 26.9. The summed E-state index contributed by atoms with van der Waals surface area (Å²) in [6.07, 6.45) is 0.447. The molecule has 0 aromatic heterocycles. The summed E-state index contributed by atoms with van der Waals surface area (Å²) in [4.78, 5) is 0. The fourth-order valence-electron chi connectivity index (χ4n) is 2.51. The number of hydrogen-bond donors (Lipinski definition) is 1. The van der Waals surface area contributed by atoms with E-state index in [9.17, 15) is 8.42 Å². The highest BCUT2D eigenvalue weighted by molar-refractivity contribution is 7.92. The van der Waals surface area contributed by atoms with Gasteiger partial charge in [-0.25, -0.2) is 8.42 Å². The highest BCUT2D eigenvalue weighted by Gasteiger charge is 2.41. The predicted molar refractivity (Wildman–Crippen MR) is 79.1 cm³/mol. The van der Waals surface area contributed by atoms with E-state index in [2.05, 4.69) is 26.1 Å². The Morgan fingerprint density at radius 2 is 1.89 bits per heavy atom. The van der Waals surface area contributed by atoms with Gasteiger partial charge in [0.2, 0.25) is 0 Å². The lowest BCUT2D eigenvalue weighted by Gasteiger charge is -2.30. The van der Waals surface area contributed by atoms with Crippen molar-refractivity contribution in [3.05, 3.63) is 0 Å². The molecule has 0 bridgehead atoms. The van der Waals surface area contributed by atoms with Crippen LogP contribution in [0, 0.1) is 5.92 Å². The molecule has 1 N–H and O–H groups in total. The van der Waals surface area contributed by atoms with Crippen LogP contribution in [0.25, 0.3) is 0 Å². The lowest BCUT2D eigenvalue weighted by atomic mass is 10.1. The molecule has 1 aliphatic heterocycles. The van der Waals surface area contributed by atoms with Crippen LogP contribution in [-0.4, -0.2) is 43.7 Å². The second-order valence-corrected chi connectivity index (χ2v) is 9.29. The minimum absolute atomic E-state index is 0.0690. The van der Waals surface area contributed by atoms with Crippen molar-refractivity contribution in [1.82, 2.24) is 5.32 Å². The number of nitrogens with one attached hydrogen (secondary N) is 1. The van der Waals surface area contributed by atoms with Crippen molar-refractivity contribution in [3.8, 4) is 0 Å². The first-order valence-corrected chi connectivity index (χ1v) is 8.76. The SMILES string of the molecule is CC(C)C(CNC(C)(C)C)S(=O)(=O)C1CCOC1C. The Bertz CT molecular complexity index is 384. The number of ether oxygens (including phenoxy) is 1. The van der Waals surface area contributed by atoms with Crippen molar-refractivity contribution >= 4 is 9.84 Å². The zero-order chi connectivity index (χ0) is 14.8. The van der Waals surface area contributed by atoms with Crippen molar-refractivity contribution in [2.45, 2.75) is 70.1 Å². The zero-order valence-corrected chi connectivity index (χ0v) is 13.9. The van der Waals surface area contributed by atoms with E-state index in [0.717, 1.165) is 0 Å². The molecule has 0 radical (unpaired) electrons. The largest absolute Gasteiger partial charge is 0.377 e. The molecular weight excluding hydrogens is 262 g/mol. The molecule has 19 heavy (non-hydrogen) atoms. The Balaban J connectivity index is 2.86. The van der Waals surface area contributed by atoms with Crippen LogP contribution >= 0.6 is 0 Å². The van der Waals surface area contributed by atoms with Crippen LogP contribution in [0.3, 0.4) is 0 Å². The van der Waals surface area contributed by atoms with E-state index < -0.39 is 9.84 Å². The molecule has 3 atom stereocenters. The Labute approximate surface area is 118 Å². The molecule has 1 aliphatic rings. The first-order chi connectivity index (χ1) is 8.55. The van der Waals surface area contributed by atoms with Crippen LogP contribution in [0.2, 0.25) is 0 Å². The van der Waals surface area contributed by atoms with Crippen LogP contribution in [0.15, 0.2) is 0 Å². The van der Waals surface area contributed by atoms with Gasteiger partial charge >= 0.3 is 0 Å². The number of sulfone groups is 1. The molecule has 1 saturated heterocycles. The molecule has 3 unspecified atom stereocenters. The van der Waals surface area contributed by atoms with Crippen molar-refractivity contribution in [2.24, 2.45) is 5.92 Å². The van der Waals surface area contributed by atoms with E-state index in [-0.39, 0.29) is 28.1 Å². The third-order valence-electron chi connectivity index (χ3n) is 3.73. The second kappa shape index (κ2) is 6.10. The Hall–Kier alpha value is -0.130. The Morgan fingerprint density at radius 1 is 1.32 bits per heavy atom. The molecular formula is C14H29NO3S. The summed E-state index contributed by atoms with van der Waals surface area (Å²) in [6.45, 7) is 13.0. The van der Waals surface area contributed by atoms with Gasteiger partial charge in [-0.3, -0.25) is 0 Å². The standard InChI is InChI=1S/C14H29NO3S/c1-10(2)13(9-15-14(4,5)6)19(16,17)12-7-8-18-11(12)3/h10-13,15H,7-9H2,1-6H3. The quantitative estimate of drug-likeness (QED) is 0.841. The third-order valence-corrected chi connectivity index (χ3v) is 6.75. The topological polar surface area (TPSA) is 55.4 Å².